The monoisotopic (exact) mass is 609 g/mol. The van der Waals surface area contributed by atoms with Gasteiger partial charge >= 0.3 is 22.4 Å². The summed E-state index contributed by atoms with van der Waals surface area (Å²) < 4.78 is 5.07. The van der Waals surface area contributed by atoms with Crippen LogP contribution in [0.3, 0.4) is 0 Å². The zero-order valence-electron chi connectivity index (χ0n) is 16.0. The van der Waals surface area contributed by atoms with Gasteiger partial charge in [-0.15, -0.1) is 0 Å². The largest absolute Gasteiger partial charge is 1.00 e. The molecule has 5 aromatic rings. The van der Waals surface area contributed by atoms with E-state index in [1.165, 1.54) is 15.9 Å². The summed E-state index contributed by atoms with van der Waals surface area (Å²) in [5.41, 5.74) is 1.58. The number of para-hydroxylation sites is 2. The SMILES string of the molecule is [Au+].[S-]c1nc2ccccc2o1.c1ccc(P(c2ccccc2)c2ccccc2)cc1. The van der Waals surface area contributed by atoms with Crippen LogP contribution in [0.2, 0.25) is 0 Å². The molecule has 30 heavy (non-hydrogen) atoms. The quantitative estimate of drug-likeness (QED) is 0.160. The molecule has 5 heteroatoms. The first-order valence-electron chi connectivity index (χ1n) is 9.29. The minimum absolute atomic E-state index is 0. The molecule has 2 nitrogen and oxygen atoms in total. The van der Waals surface area contributed by atoms with Crippen molar-refractivity contribution in [1.29, 1.82) is 0 Å². The van der Waals surface area contributed by atoms with E-state index in [1.807, 2.05) is 24.3 Å². The third-order valence-electron chi connectivity index (χ3n) is 4.32. The zero-order chi connectivity index (χ0) is 19.9. The topological polar surface area (TPSA) is 26.0 Å². The molecule has 0 N–H and O–H groups in total. The molecule has 0 fully saturated rings. The van der Waals surface area contributed by atoms with Gasteiger partial charge in [-0.3, -0.25) is 0 Å². The van der Waals surface area contributed by atoms with Crippen molar-refractivity contribution in [3.8, 4) is 0 Å². The van der Waals surface area contributed by atoms with Crippen LogP contribution in [0.15, 0.2) is 125 Å². The summed E-state index contributed by atoms with van der Waals surface area (Å²) in [6.07, 6.45) is 0. The van der Waals surface area contributed by atoms with Gasteiger partial charge in [-0.05, 0) is 36.0 Å². The summed E-state index contributed by atoms with van der Waals surface area (Å²) in [7, 11) is -0.446. The maximum atomic E-state index is 5.07. The van der Waals surface area contributed by atoms with Gasteiger partial charge in [0.1, 0.15) is 5.52 Å². The molecule has 5 rings (SSSR count). The number of hydrogen-bond donors (Lipinski definition) is 0. The number of hydrogen-bond acceptors (Lipinski definition) is 3. The van der Waals surface area contributed by atoms with Crippen LogP contribution in [0.5, 0.6) is 0 Å². The van der Waals surface area contributed by atoms with E-state index in [-0.39, 0.29) is 22.4 Å². The van der Waals surface area contributed by atoms with E-state index >= 15 is 0 Å². The maximum absolute atomic E-state index is 5.07. The predicted octanol–water partition coefficient (Wildman–Crippen LogP) is 5.18. The molecular formula is C25H19AuNOPS. The van der Waals surface area contributed by atoms with Gasteiger partial charge in [0, 0.05) is 0 Å². The molecule has 1 heterocycles. The van der Waals surface area contributed by atoms with Crippen LogP contribution >= 0.6 is 7.92 Å². The van der Waals surface area contributed by atoms with Gasteiger partial charge in [-0.25, -0.2) is 4.98 Å². The first-order chi connectivity index (χ1) is 14.3. The normalized spacial score (nSPS) is 10.2. The number of rotatable bonds is 3. The van der Waals surface area contributed by atoms with E-state index < -0.39 is 7.92 Å². The second-order valence-corrected chi connectivity index (χ2v) is 8.86. The summed E-state index contributed by atoms with van der Waals surface area (Å²) in [6, 6.07) is 39.8. The molecule has 0 unspecified atom stereocenters. The first kappa shape index (κ1) is 22.4. The van der Waals surface area contributed by atoms with Gasteiger partial charge in [0.25, 0.3) is 0 Å². The Labute approximate surface area is 199 Å². The van der Waals surface area contributed by atoms with E-state index in [1.54, 1.807) is 0 Å². The van der Waals surface area contributed by atoms with Crippen molar-refractivity contribution in [3.05, 3.63) is 115 Å². The van der Waals surface area contributed by atoms with Crippen molar-refractivity contribution in [1.82, 2.24) is 4.98 Å². The van der Waals surface area contributed by atoms with Crippen molar-refractivity contribution < 1.29 is 26.8 Å². The molecule has 0 aliphatic heterocycles. The molecule has 152 valence electrons. The smallest absolute Gasteiger partial charge is 0.721 e. The van der Waals surface area contributed by atoms with Crippen LogP contribution in [0.4, 0.5) is 0 Å². The minimum atomic E-state index is -0.446. The summed E-state index contributed by atoms with van der Waals surface area (Å²) in [6.45, 7) is 0. The molecule has 0 radical (unpaired) electrons. The fraction of sp³-hybridized carbons (Fsp3) is 0. The third-order valence-corrected chi connectivity index (χ3v) is 6.94. The van der Waals surface area contributed by atoms with Crippen LogP contribution in [0.25, 0.3) is 11.1 Å². The Kier molecular flexibility index (Phi) is 8.39. The Morgan fingerprint density at radius 1 is 0.567 bits per heavy atom. The molecule has 0 atom stereocenters. The molecule has 0 amide bonds. The average Bonchev–Trinajstić information content (AvgIpc) is 3.17. The average molecular weight is 609 g/mol. The Balaban J connectivity index is 0.000000197. The van der Waals surface area contributed by atoms with Crippen LogP contribution in [0.1, 0.15) is 0 Å². The van der Waals surface area contributed by atoms with Crippen molar-refractivity contribution in [3.63, 3.8) is 0 Å². The Hall–Kier alpha value is -2.26. The maximum Gasteiger partial charge on any atom is 1.00 e. The van der Waals surface area contributed by atoms with Crippen molar-refractivity contribution in [2.24, 2.45) is 0 Å². The van der Waals surface area contributed by atoms with Gasteiger partial charge in [-0.2, -0.15) is 0 Å². The van der Waals surface area contributed by atoms with E-state index in [2.05, 4.69) is 96.0 Å². The van der Waals surface area contributed by atoms with Crippen LogP contribution < -0.4 is 15.9 Å². The molecule has 4 aromatic carbocycles. The number of aromatic nitrogens is 1. The summed E-state index contributed by atoms with van der Waals surface area (Å²) >= 11 is 4.74. The Morgan fingerprint density at radius 2 is 0.967 bits per heavy atom. The minimum Gasteiger partial charge on any atom is -0.721 e. The number of fused-ring (bicyclic) bond motifs is 1. The van der Waals surface area contributed by atoms with E-state index in [0.717, 1.165) is 11.1 Å². The Morgan fingerprint density at radius 3 is 1.40 bits per heavy atom. The van der Waals surface area contributed by atoms with Crippen molar-refractivity contribution in [2.75, 3.05) is 0 Å². The van der Waals surface area contributed by atoms with Crippen molar-refractivity contribution >= 4 is 47.6 Å². The van der Waals surface area contributed by atoms with Crippen molar-refractivity contribution in [2.45, 2.75) is 5.22 Å². The molecule has 0 bridgehead atoms. The van der Waals surface area contributed by atoms with Gasteiger partial charge < -0.3 is 17.0 Å². The summed E-state index contributed by atoms with van der Waals surface area (Å²) in [5, 5.41) is 4.50. The second-order valence-electron chi connectivity index (χ2n) is 6.29. The van der Waals surface area contributed by atoms with Crippen LogP contribution in [0, 0.1) is 0 Å². The number of benzene rings is 4. The fourth-order valence-corrected chi connectivity index (χ4v) is 5.52. The zero-order valence-corrected chi connectivity index (χ0v) is 19.9. The molecule has 0 saturated heterocycles. The molecule has 0 aliphatic rings. The molecule has 0 spiro atoms. The van der Waals surface area contributed by atoms with Gasteiger partial charge in [0.15, 0.2) is 5.58 Å². The summed E-state index contributed by atoms with van der Waals surface area (Å²) in [5.74, 6) is 0. The van der Waals surface area contributed by atoms with Gasteiger partial charge in [0.05, 0.1) is 5.22 Å². The van der Waals surface area contributed by atoms with E-state index in [0.29, 0.717) is 5.22 Å². The fourth-order valence-electron chi connectivity index (χ4n) is 3.03. The summed E-state index contributed by atoms with van der Waals surface area (Å²) in [4.78, 5) is 3.96. The van der Waals surface area contributed by atoms with Crippen LogP contribution in [-0.4, -0.2) is 4.98 Å². The number of nitrogens with zero attached hydrogens (tertiary/aromatic N) is 1. The molecular weight excluding hydrogens is 590 g/mol. The molecule has 0 aliphatic carbocycles. The van der Waals surface area contributed by atoms with E-state index in [9.17, 15) is 0 Å². The third kappa shape index (κ3) is 5.66. The number of oxazole rings is 1. The standard InChI is InChI=1S/C18H15P.C7H5NOS.Au/c1-4-10-16(11-5-1)19(17-12-6-2-7-13-17)18-14-8-3-9-15-18;10-7-8-5-3-1-2-4-6(5)9-7;/h1-15H;1-4H,(H,8,10);/q;;+1/p-1. The molecule has 0 saturated carbocycles. The first-order valence-corrected chi connectivity index (χ1v) is 11.0. The Bertz CT molecular complexity index is 1040. The van der Waals surface area contributed by atoms with Gasteiger partial charge in [-0.1, -0.05) is 103 Å². The second kappa shape index (κ2) is 11.2. The van der Waals surface area contributed by atoms with E-state index in [4.69, 9.17) is 17.0 Å². The predicted molar refractivity (Wildman–Crippen MR) is 125 cm³/mol. The molecule has 1 aromatic heterocycles. The van der Waals surface area contributed by atoms with Crippen LogP contribution in [-0.2, 0) is 35.0 Å². The van der Waals surface area contributed by atoms with Gasteiger partial charge in [0.2, 0.25) is 0 Å².